The first-order valence-corrected chi connectivity index (χ1v) is 12.7. The molecular formula is C30H28FN7O. The Kier molecular flexibility index (Phi) is 5.98. The Labute approximate surface area is 225 Å². The van der Waals surface area contributed by atoms with Gasteiger partial charge in [0.15, 0.2) is 11.6 Å². The number of furan rings is 1. The van der Waals surface area contributed by atoms with Gasteiger partial charge in [0.1, 0.15) is 23.1 Å². The smallest absolute Gasteiger partial charge is 0.178 e. The highest BCUT2D eigenvalue weighted by Gasteiger charge is 2.32. The number of nitrogens with zero attached hydrogens (tertiary/aromatic N) is 6. The van der Waals surface area contributed by atoms with Crippen LogP contribution in [0, 0.1) is 12.7 Å². The Balaban J connectivity index is 1.58. The summed E-state index contributed by atoms with van der Waals surface area (Å²) in [7, 11) is 0. The zero-order valence-corrected chi connectivity index (χ0v) is 22.1. The summed E-state index contributed by atoms with van der Waals surface area (Å²) >= 11 is 0. The van der Waals surface area contributed by atoms with E-state index in [-0.39, 0.29) is 5.82 Å². The molecule has 0 fully saturated rings. The van der Waals surface area contributed by atoms with E-state index < -0.39 is 11.6 Å². The third kappa shape index (κ3) is 4.67. The zero-order valence-electron chi connectivity index (χ0n) is 22.1. The van der Waals surface area contributed by atoms with Crippen LogP contribution >= 0.6 is 0 Å². The lowest BCUT2D eigenvalue weighted by atomic mass is 10.0. The first-order chi connectivity index (χ1) is 18.8. The predicted octanol–water partition coefficient (Wildman–Crippen LogP) is 6.68. The zero-order chi connectivity index (χ0) is 27.1. The highest BCUT2D eigenvalue weighted by atomic mass is 19.1. The number of fused-ring (bicyclic) bond motifs is 1. The fourth-order valence-electron chi connectivity index (χ4n) is 4.58. The molecule has 0 amide bonds. The first-order valence-electron chi connectivity index (χ1n) is 12.7. The van der Waals surface area contributed by atoms with Crippen molar-refractivity contribution in [2.75, 3.05) is 5.32 Å². The third-order valence-electron chi connectivity index (χ3n) is 6.60. The number of hydrogen-bond acceptors (Lipinski definition) is 6. The third-order valence-corrected chi connectivity index (χ3v) is 6.60. The average Bonchev–Trinajstić information content (AvgIpc) is 3.67. The van der Waals surface area contributed by atoms with E-state index in [4.69, 9.17) is 9.52 Å². The monoisotopic (exact) mass is 521 g/mol. The average molecular weight is 522 g/mol. The lowest BCUT2D eigenvalue weighted by molar-refractivity contribution is 0.333. The number of aromatic nitrogens is 6. The standard InChI is InChI=1S/C30H28FN7O/c1-19-14-15-21(17-24(19)31)32-28(29-33-35-36-38(29)30(2,3)4)23-18-37(22-11-6-5-7-12-22)34-27(23)26-16-20-10-8-9-13-25(20)39-26/h5-18,28,32H,1-4H3. The highest BCUT2D eigenvalue weighted by Crippen LogP contribution is 2.37. The van der Waals surface area contributed by atoms with Gasteiger partial charge in [0.25, 0.3) is 0 Å². The SMILES string of the molecule is Cc1ccc(NC(c2cn(-c3ccccc3)nc2-c2cc3ccccc3o2)c2nnnn2C(C)(C)C)cc1F. The molecule has 9 heteroatoms. The van der Waals surface area contributed by atoms with E-state index in [1.54, 1.807) is 17.7 Å². The van der Waals surface area contributed by atoms with Crippen LogP contribution in [0.4, 0.5) is 10.1 Å². The predicted molar refractivity (Wildman–Crippen MR) is 148 cm³/mol. The van der Waals surface area contributed by atoms with Gasteiger partial charge in [0, 0.05) is 22.8 Å². The minimum Gasteiger partial charge on any atom is -0.454 e. The van der Waals surface area contributed by atoms with Crippen LogP contribution in [0.25, 0.3) is 28.1 Å². The summed E-state index contributed by atoms with van der Waals surface area (Å²) in [6, 6.07) is 24.2. The molecule has 1 N–H and O–H groups in total. The molecule has 0 aliphatic carbocycles. The molecule has 0 bridgehead atoms. The molecule has 39 heavy (non-hydrogen) atoms. The lowest BCUT2D eigenvalue weighted by Gasteiger charge is -2.25. The van der Waals surface area contributed by atoms with Crippen LogP contribution in [0.1, 0.15) is 43.8 Å². The molecule has 0 saturated heterocycles. The Morgan fingerprint density at radius 2 is 1.72 bits per heavy atom. The molecule has 3 aromatic heterocycles. The van der Waals surface area contributed by atoms with E-state index in [2.05, 4.69) is 20.8 Å². The van der Waals surface area contributed by atoms with Crippen molar-refractivity contribution >= 4 is 16.7 Å². The van der Waals surface area contributed by atoms with Gasteiger partial charge < -0.3 is 9.73 Å². The summed E-state index contributed by atoms with van der Waals surface area (Å²) in [5.74, 6) is 0.873. The minimum atomic E-state index is -0.581. The van der Waals surface area contributed by atoms with Crippen LogP contribution < -0.4 is 5.32 Å². The van der Waals surface area contributed by atoms with Crippen molar-refractivity contribution in [1.82, 2.24) is 30.0 Å². The van der Waals surface area contributed by atoms with Gasteiger partial charge in [-0.2, -0.15) is 5.10 Å². The summed E-state index contributed by atoms with van der Waals surface area (Å²) in [5.41, 5.74) is 3.80. The molecule has 0 saturated carbocycles. The molecule has 6 rings (SSSR count). The van der Waals surface area contributed by atoms with Crippen molar-refractivity contribution in [1.29, 1.82) is 0 Å². The summed E-state index contributed by atoms with van der Waals surface area (Å²) in [6.07, 6.45) is 1.95. The summed E-state index contributed by atoms with van der Waals surface area (Å²) in [5, 5.41) is 22.2. The molecule has 1 atom stereocenters. The van der Waals surface area contributed by atoms with Crippen LogP contribution in [0.15, 0.2) is 89.5 Å². The van der Waals surface area contributed by atoms with E-state index >= 15 is 0 Å². The molecule has 8 nitrogen and oxygen atoms in total. The Morgan fingerprint density at radius 3 is 2.46 bits per heavy atom. The Morgan fingerprint density at radius 1 is 0.949 bits per heavy atom. The number of hydrogen-bond donors (Lipinski definition) is 1. The second-order valence-electron chi connectivity index (χ2n) is 10.5. The van der Waals surface area contributed by atoms with Crippen LogP contribution in [-0.4, -0.2) is 30.0 Å². The van der Waals surface area contributed by atoms with Crippen molar-refractivity contribution < 1.29 is 8.81 Å². The van der Waals surface area contributed by atoms with Crippen molar-refractivity contribution in [2.45, 2.75) is 39.3 Å². The molecule has 3 heterocycles. The Bertz CT molecular complexity index is 1730. The normalized spacial score (nSPS) is 12.6. The molecule has 0 aliphatic heterocycles. The van der Waals surface area contributed by atoms with E-state index in [1.165, 1.54) is 6.07 Å². The van der Waals surface area contributed by atoms with E-state index in [0.717, 1.165) is 22.2 Å². The highest BCUT2D eigenvalue weighted by molar-refractivity contribution is 5.82. The number of halogens is 1. The number of para-hydroxylation sites is 2. The van der Waals surface area contributed by atoms with Crippen molar-refractivity contribution in [2.24, 2.45) is 0 Å². The van der Waals surface area contributed by atoms with Crippen LogP contribution in [0.2, 0.25) is 0 Å². The maximum Gasteiger partial charge on any atom is 0.178 e. The molecule has 1 unspecified atom stereocenters. The number of anilines is 1. The number of tetrazole rings is 1. The van der Waals surface area contributed by atoms with Crippen LogP contribution in [0.5, 0.6) is 0 Å². The molecule has 196 valence electrons. The van der Waals surface area contributed by atoms with Crippen molar-refractivity contribution in [3.63, 3.8) is 0 Å². The topological polar surface area (TPSA) is 86.6 Å². The number of aryl methyl sites for hydroxylation is 1. The lowest BCUT2D eigenvalue weighted by Crippen LogP contribution is -2.29. The number of nitrogens with one attached hydrogen (secondary N) is 1. The number of rotatable bonds is 6. The van der Waals surface area contributed by atoms with E-state index in [1.807, 2.05) is 98.4 Å². The largest absolute Gasteiger partial charge is 0.454 e. The van der Waals surface area contributed by atoms with Gasteiger partial charge in [0.05, 0.1) is 11.2 Å². The molecule has 3 aromatic carbocycles. The number of benzene rings is 3. The summed E-state index contributed by atoms with van der Waals surface area (Å²) < 4.78 is 24.5. The van der Waals surface area contributed by atoms with E-state index in [9.17, 15) is 4.39 Å². The maximum absolute atomic E-state index is 14.6. The molecule has 0 spiro atoms. The quantitative estimate of drug-likeness (QED) is 0.263. The van der Waals surface area contributed by atoms with Gasteiger partial charge in [-0.25, -0.2) is 13.8 Å². The van der Waals surface area contributed by atoms with Gasteiger partial charge in [-0.1, -0.05) is 42.5 Å². The molecule has 6 aromatic rings. The van der Waals surface area contributed by atoms with Crippen LogP contribution in [0.3, 0.4) is 0 Å². The fraction of sp³-hybridized carbons (Fsp3) is 0.200. The van der Waals surface area contributed by atoms with Gasteiger partial charge in [0.2, 0.25) is 0 Å². The van der Waals surface area contributed by atoms with Crippen molar-refractivity contribution in [3.8, 4) is 17.1 Å². The second kappa shape index (κ2) is 9.50. The molecular weight excluding hydrogens is 493 g/mol. The van der Waals surface area contributed by atoms with E-state index in [0.29, 0.717) is 28.5 Å². The van der Waals surface area contributed by atoms with Crippen LogP contribution in [-0.2, 0) is 5.54 Å². The second-order valence-corrected chi connectivity index (χ2v) is 10.5. The van der Waals surface area contributed by atoms with Gasteiger partial charge in [-0.05, 0) is 80.1 Å². The van der Waals surface area contributed by atoms with Crippen molar-refractivity contribution in [3.05, 3.63) is 108 Å². The fourth-order valence-corrected chi connectivity index (χ4v) is 4.58. The van der Waals surface area contributed by atoms with Gasteiger partial charge in [-0.15, -0.1) is 5.10 Å². The minimum absolute atomic E-state index is 0.299. The van der Waals surface area contributed by atoms with Gasteiger partial charge in [-0.3, -0.25) is 0 Å². The maximum atomic E-state index is 14.6. The summed E-state index contributed by atoms with van der Waals surface area (Å²) in [4.78, 5) is 0. The van der Waals surface area contributed by atoms with Gasteiger partial charge >= 0.3 is 0 Å². The summed E-state index contributed by atoms with van der Waals surface area (Å²) in [6.45, 7) is 7.83. The molecule has 0 aliphatic rings. The first kappa shape index (κ1) is 24.5. The molecule has 0 radical (unpaired) electrons. The Hall–Kier alpha value is -4.79.